The summed E-state index contributed by atoms with van der Waals surface area (Å²) in [4.78, 5) is 8.75. The molecule has 2 aromatic heterocycles. The zero-order chi connectivity index (χ0) is 13.7. The lowest BCUT2D eigenvalue weighted by molar-refractivity contribution is 0.374. The van der Waals surface area contributed by atoms with E-state index < -0.39 is 0 Å². The van der Waals surface area contributed by atoms with Gasteiger partial charge in [-0.15, -0.1) is 0 Å². The fraction of sp³-hybridized carbons (Fsp3) is 0.500. The number of rotatable bonds is 6. The molecule has 0 amide bonds. The number of aromatic nitrogens is 3. The van der Waals surface area contributed by atoms with Crippen LogP contribution in [0.5, 0.6) is 0 Å². The second-order valence-corrected chi connectivity index (χ2v) is 4.89. The Morgan fingerprint density at radius 3 is 2.84 bits per heavy atom. The molecular formula is C14H20N4O. The molecule has 0 spiro atoms. The maximum absolute atomic E-state index is 5.24. The van der Waals surface area contributed by atoms with E-state index in [9.17, 15) is 0 Å². The number of aryl methyl sites for hydroxylation is 2. The van der Waals surface area contributed by atoms with Gasteiger partial charge in [0.1, 0.15) is 5.69 Å². The molecule has 0 fully saturated rings. The van der Waals surface area contributed by atoms with Crippen LogP contribution in [-0.2, 0) is 6.42 Å². The zero-order valence-corrected chi connectivity index (χ0v) is 11.7. The van der Waals surface area contributed by atoms with Crippen molar-refractivity contribution in [3.8, 4) is 11.5 Å². The highest BCUT2D eigenvalue weighted by Gasteiger charge is 2.09. The van der Waals surface area contributed by atoms with Crippen molar-refractivity contribution in [3.05, 3.63) is 29.8 Å². The van der Waals surface area contributed by atoms with Gasteiger partial charge in [0, 0.05) is 18.2 Å². The number of hydrogen-bond acceptors (Lipinski definition) is 5. The Balaban J connectivity index is 1.92. The maximum Gasteiger partial charge on any atom is 0.227 e. The fourth-order valence-electron chi connectivity index (χ4n) is 1.76. The molecular weight excluding hydrogens is 240 g/mol. The van der Waals surface area contributed by atoms with Crippen molar-refractivity contribution in [1.82, 2.24) is 20.4 Å². The predicted octanol–water partition coefficient (Wildman–Crippen LogP) is 2.37. The van der Waals surface area contributed by atoms with E-state index in [4.69, 9.17) is 4.52 Å². The minimum atomic E-state index is 0.509. The molecule has 102 valence electrons. The Morgan fingerprint density at radius 1 is 1.26 bits per heavy atom. The lowest BCUT2D eigenvalue weighted by Crippen LogP contribution is -2.23. The summed E-state index contributed by atoms with van der Waals surface area (Å²) >= 11 is 0. The van der Waals surface area contributed by atoms with Crippen molar-refractivity contribution < 1.29 is 4.52 Å². The Labute approximate surface area is 113 Å². The van der Waals surface area contributed by atoms with Crippen LogP contribution in [-0.4, -0.2) is 27.7 Å². The van der Waals surface area contributed by atoms with Crippen LogP contribution in [0.2, 0.25) is 0 Å². The molecule has 0 atom stereocenters. The third-order valence-corrected chi connectivity index (χ3v) is 2.71. The third-order valence-electron chi connectivity index (χ3n) is 2.71. The quantitative estimate of drug-likeness (QED) is 0.808. The molecule has 0 aliphatic rings. The topological polar surface area (TPSA) is 63.8 Å². The van der Waals surface area contributed by atoms with Crippen molar-refractivity contribution in [3.63, 3.8) is 0 Å². The number of pyridine rings is 1. The van der Waals surface area contributed by atoms with Crippen molar-refractivity contribution in [1.29, 1.82) is 0 Å². The van der Waals surface area contributed by atoms with Crippen LogP contribution in [0.25, 0.3) is 11.5 Å². The predicted molar refractivity (Wildman–Crippen MR) is 73.7 cm³/mol. The van der Waals surface area contributed by atoms with Crippen LogP contribution >= 0.6 is 0 Å². The average Bonchev–Trinajstić information content (AvgIpc) is 2.83. The summed E-state index contributed by atoms with van der Waals surface area (Å²) in [7, 11) is 0. The molecule has 2 heterocycles. The Hall–Kier alpha value is -1.75. The molecule has 0 aromatic carbocycles. The summed E-state index contributed by atoms with van der Waals surface area (Å²) in [5.41, 5.74) is 1.71. The molecule has 5 heteroatoms. The van der Waals surface area contributed by atoms with Crippen molar-refractivity contribution >= 4 is 0 Å². The van der Waals surface area contributed by atoms with Gasteiger partial charge in [-0.25, -0.2) is 4.98 Å². The van der Waals surface area contributed by atoms with E-state index in [1.54, 1.807) is 0 Å². The van der Waals surface area contributed by atoms with Gasteiger partial charge in [0.05, 0.1) is 0 Å². The zero-order valence-electron chi connectivity index (χ0n) is 11.7. The van der Waals surface area contributed by atoms with Gasteiger partial charge < -0.3 is 9.84 Å². The van der Waals surface area contributed by atoms with Crippen molar-refractivity contribution in [2.45, 2.75) is 39.7 Å². The van der Waals surface area contributed by atoms with Crippen LogP contribution < -0.4 is 5.32 Å². The molecule has 0 radical (unpaired) electrons. The summed E-state index contributed by atoms with van der Waals surface area (Å²) in [6, 6.07) is 6.29. The van der Waals surface area contributed by atoms with Crippen LogP contribution in [0.15, 0.2) is 22.7 Å². The van der Waals surface area contributed by atoms with Crippen LogP contribution in [0, 0.1) is 6.92 Å². The molecule has 19 heavy (non-hydrogen) atoms. The third kappa shape index (κ3) is 4.13. The monoisotopic (exact) mass is 260 g/mol. The molecule has 0 aliphatic heterocycles. The second kappa shape index (κ2) is 6.43. The minimum Gasteiger partial charge on any atom is -0.339 e. The highest BCUT2D eigenvalue weighted by molar-refractivity contribution is 5.47. The molecule has 0 unspecified atom stereocenters. The number of nitrogens with one attached hydrogen (secondary N) is 1. The smallest absolute Gasteiger partial charge is 0.227 e. The largest absolute Gasteiger partial charge is 0.339 e. The standard InChI is InChI=1S/C14H20N4O/c1-10(2)15-9-5-8-13-17-14(18-19-13)12-7-4-6-11(3)16-12/h4,6-7,10,15H,5,8-9H2,1-3H3. The molecule has 0 saturated carbocycles. The SMILES string of the molecule is Cc1cccc(-c2noc(CCCNC(C)C)n2)n1. The first-order valence-electron chi connectivity index (χ1n) is 6.65. The minimum absolute atomic E-state index is 0.509. The van der Waals surface area contributed by atoms with E-state index in [2.05, 4.69) is 34.3 Å². The fourth-order valence-corrected chi connectivity index (χ4v) is 1.76. The van der Waals surface area contributed by atoms with Crippen LogP contribution in [0.3, 0.4) is 0 Å². The lowest BCUT2D eigenvalue weighted by atomic mass is 10.3. The van der Waals surface area contributed by atoms with Crippen molar-refractivity contribution in [2.24, 2.45) is 0 Å². The van der Waals surface area contributed by atoms with Crippen LogP contribution in [0.4, 0.5) is 0 Å². The lowest BCUT2D eigenvalue weighted by Gasteiger charge is -2.05. The molecule has 2 aromatic rings. The second-order valence-electron chi connectivity index (χ2n) is 4.89. The number of hydrogen-bond donors (Lipinski definition) is 1. The van der Waals surface area contributed by atoms with Gasteiger partial charge in [-0.2, -0.15) is 4.98 Å². The van der Waals surface area contributed by atoms with E-state index >= 15 is 0 Å². The normalized spacial score (nSPS) is 11.2. The number of nitrogens with zero attached hydrogens (tertiary/aromatic N) is 3. The van der Waals surface area contributed by atoms with Gasteiger partial charge in [-0.05, 0) is 32.0 Å². The highest BCUT2D eigenvalue weighted by Crippen LogP contribution is 2.13. The first-order chi connectivity index (χ1) is 9.15. The van der Waals surface area contributed by atoms with Crippen molar-refractivity contribution in [2.75, 3.05) is 6.54 Å². The Kier molecular flexibility index (Phi) is 4.63. The van der Waals surface area contributed by atoms with Gasteiger partial charge in [-0.3, -0.25) is 0 Å². The van der Waals surface area contributed by atoms with Gasteiger partial charge in [0.25, 0.3) is 0 Å². The van der Waals surface area contributed by atoms with Gasteiger partial charge in [0.15, 0.2) is 0 Å². The van der Waals surface area contributed by atoms with E-state index in [-0.39, 0.29) is 0 Å². The van der Waals surface area contributed by atoms with E-state index in [0.717, 1.165) is 30.8 Å². The first kappa shape index (κ1) is 13.7. The summed E-state index contributed by atoms with van der Waals surface area (Å²) in [6.07, 6.45) is 1.78. The van der Waals surface area contributed by atoms with Gasteiger partial charge in [-0.1, -0.05) is 25.1 Å². The van der Waals surface area contributed by atoms with E-state index in [0.29, 0.717) is 17.8 Å². The Morgan fingerprint density at radius 2 is 2.11 bits per heavy atom. The molecule has 5 nitrogen and oxygen atoms in total. The summed E-state index contributed by atoms with van der Waals surface area (Å²) in [5.74, 6) is 1.24. The summed E-state index contributed by atoms with van der Waals surface area (Å²) in [5, 5.41) is 7.33. The van der Waals surface area contributed by atoms with Gasteiger partial charge in [0.2, 0.25) is 11.7 Å². The summed E-state index contributed by atoms with van der Waals surface area (Å²) < 4.78 is 5.24. The van der Waals surface area contributed by atoms with Gasteiger partial charge >= 0.3 is 0 Å². The molecule has 2 rings (SSSR count). The summed E-state index contributed by atoms with van der Waals surface area (Å²) in [6.45, 7) is 7.17. The van der Waals surface area contributed by atoms with E-state index in [1.165, 1.54) is 0 Å². The maximum atomic E-state index is 5.24. The average molecular weight is 260 g/mol. The first-order valence-corrected chi connectivity index (χ1v) is 6.65. The molecule has 1 N–H and O–H groups in total. The van der Waals surface area contributed by atoms with Crippen LogP contribution in [0.1, 0.15) is 31.9 Å². The molecule has 0 saturated heterocycles. The Bertz CT molecular complexity index is 522. The highest BCUT2D eigenvalue weighted by atomic mass is 16.5. The molecule has 0 bridgehead atoms. The van der Waals surface area contributed by atoms with E-state index in [1.807, 2.05) is 25.1 Å². The molecule has 0 aliphatic carbocycles.